The van der Waals surface area contributed by atoms with E-state index in [1.54, 1.807) is 33.1 Å². The summed E-state index contributed by atoms with van der Waals surface area (Å²) in [7, 11) is 1.60. The van der Waals surface area contributed by atoms with E-state index in [4.69, 9.17) is 14.2 Å². The van der Waals surface area contributed by atoms with Gasteiger partial charge in [-0.1, -0.05) is 18.2 Å². The van der Waals surface area contributed by atoms with E-state index in [0.29, 0.717) is 24.3 Å². The van der Waals surface area contributed by atoms with Crippen molar-refractivity contribution < 1.29 is 28.6 Å². The third-order valence-electron chi connectivity index (χ3n) is 6.04. The van der Waals surface area contributed by atoms with Crippen LogP contribution >= 0.6 is 0 Å². The van der Waals surface area contributed by atoms with Gasteiger partial charge in [0.25, 0.3) is 5.91 Å². The number of nitrogens with zero attached hydrogens (tertiary/aromatic N) is 1. The van der Waals surface area contributed by atoms with Crippen molar-refractivity contribution in [2.24, 2.45) is 0 Å². The van der Waals surface area contributed by atoms with Gasteiger partial charge in [-0.3, -0.25) is 9.59 Å². The number of ether oxygens (including phenoxy) is 3. The predicted molar refractivity (Wildman–Crippen MR) is 119 cm³/mol. The van der Waals surface area contributed by atoms with Crippen LogP contribution in [-0.4, -0.2) is 48.2 Å². The van der Waals surface area contributed by atoms with Crippen LogP contribution in [0.2, 0.25) is 0 Å². The van der Waals surface area contributed by atoms with Crippen molar-refractivity contribution in [3.8, 4) is 17.2 Å². The number of imide groups is 1. The first-order valence-electron chi connectivity index (χ1n) is 10.8. The van der Waals surface area contributed by atoms with Gasteiger partial charge in [0.2, 0.25) is 12.7 Å². The van der Waals surface area contributed by atoms with Crippen LogP contribution in [0.15, 0.2) is 42.5 Å². The van der Waals surface area contributed by atoms with E-state index in [-0.39, 0.29) is 13.3 Å². The van der Waals surface area contributed by atoms with Gasteiger partial charge < -0.3 is 24.8 Å². The molecule has 174 valence electrons. The van der Waals surface area contributed by atoms with Crippen LogP contribution in [0.4, 0.5) is 4.79 Å². The second kappa shape index (κ2) is 9.01. The fourth-order valence-electron chi connectivity index (χ4n) is 3.92. The highest BCUT2D eigenvalue weighted by atomic mass is 16.7. The zero-order valence-corrected chi connectivity index (χ0v) is 18.8. The average Bonchev–Trinajstić information content (AvgIpc) is 3.37. The SMILES string of the molecule is COc1ccc(CC[C@@]2(C)NC(=O)N([C@@H](C)C(=O)NCc3ccc4c(c3)OCO4)C2=O)cc1. The van der Waals surface area contributed by atoms with Gasteiger partial charge in [0, 0.05) is 6.54 Å². The van der Waals surface area contributed by atoms with Gasteiger partial charge in [-0.25, -0.2) is 9.69 Å². The maximum Gasteiger partial charge on any atom is 0.325 e. The molecule has 9 heteroatoms. The third-order valence-corrected chi connectivity index (χ3v) is 6.04. The Kier molecular flexibility index (Phi) is 6.13. The predicted octanol–water partition coefficient (Wildman–Crippen LogP) is 2.37. The molecule has 2 aromatic carbocycles. The van der Waals surface area contributed by atoms with Gasteiger partial charge in [-0.05, 0) is 62.1 Å². The number of hydrogen-bond acceptors (Lipinski definition) is 6. The molecule has 0 radical (unpaired) electrons. The molecule has 0 unspecified atom stereocenters. The van der Waals surface area contributed by atoms with Crippen LogP contribution in [0.3, 0.4) is 0 Å². The minimum Gasteiger partial charge on any atom is -0.497 e. The molecule has 1 fully saturated rings. The molecule has 2 heterocycles. The number of aryl methyl sites for hydroxylation is 1. The molecule has 1 saturated heterocycles. The number of carbonyl (C=O) groups is 3. The number of urea groups is 1. The average molecular weight is 453 g/mol. The standard InChI is InChI=1S/C24H27N3O6/c1-15(21(28)25-13-17-6-9-19-20(12-17)33-14-32-19)27-22(29)24(2,26-23(27)30)11-10-16-4-7-18(31-3)8-5-16/h4-9,12,15H,10-11,13-14H2,1-3H3,(H,25,28)(H,26,30)/t15-,24+/m0/s1. The van der Waals surface area contributed by atoms with Crippen LogP contribution in [0.5, 0.6) is 17.2 Å². The molecule has 0 saturated carbocycles. The summed E-state index contributed by atoms with van der Waals surface area (Å²) in [5.41, 5.74) is 0.761. The van der Waals surface area contributed by atoms with Crippen molar-refractivity contribution >= 4 is 17.8 Å². The minimum absolute atomic E-state index is 0.172. The van der Waals surface area contributed by atoms with Gasteiger partial charge in [-0.15, -0.1) is 0 Å². The normalized spacial score (nSPS) is 19.9. The van der Waals surface area contributed by atoms with Gasteiger partial charge >= 0.3 is 6.03 Å². The van der Waals surface area contributed by atoms with Crippen LogP contribution in [0, 0.1) is 0 Å². The number of hydrogen-bond donors (Lipinski definition) is 2. The number of methoxy groups -OCH3 is 1. The lowest BCUT2D eigenvalue weighted by molar-refractivity contribution is -0.137. The number of amides is 4. The van der Waals surface area contributed by atoms with E-state index in [1.807, 2.05) is 30.3 Å². The third kappa shape index (κ3) is 4.57. The quantitative estimate of drug-likeness (QED) is 0.595. The first-order chi connectivity index (χ1) is 15.8. The molecule has 2 aromatic rings. The van der Waals surface area contributed by atoms with Crippen molar-refractivity contribution in [1.29, 1.82) is 0 Å². The maximum atomic E-state index is 13.1. The molecule has 2 aliphatic rings. The summed E-state index contributed by atoms with van der Waals surface area (Å²) in [5.74, 6) is 1.20. The largest absolute Gasteiger partial charge is 0.497 e. The highest BCUT2D eigenvalue weighted by Crippen LogP contribution is 2.32. The molecule has 0 aromatic heterocycles. The van der Waals surface area contributed by atoms with Crippen molar-refractivity contribution in [3.05, 3.63) is 53.6 Å². The summed E-state index contributed by atoms with van der Waals surface area (Å²) < 4.78 is 15.8. The van der Waals surface area contributed by atoms with Crippen LogP contribution < -0.4 is 24.8 Å². The molecule has 2 atom stereocenters. The first kappa shape index (κ1) is 22.4. The number of carbonyl (C=O) groups excluding carboxylic acids is 3. The summed E-state index contributed by atoms with van der Waals surface area (Å²) in [4.78, 5) is 39.5. The van der Waals surface area contributed by atoms with E-state index < -0.39 is 29.4 Å². The summed E-state index contributed by atoms with van der Waals surface area (Å²) in [5, 5.41) is 5.55. The molecule has 0 spiro atoms. The minimum atomic E-state index is -1.08. The molecule has 0 bridgehead atoms. The summed E-state index contributed by atoms with van der Waals surface area (Å²) in [6, 6.07) is 11.4. The molecule has 4 rings (SSSR count). The van der Waals surface area contributed by atoms with E-state index in [1.165, 1.54) is 0 Å². The number of nitrogens with one attached hydrogen (secondary N) is 2. The Morgan fingerprint density at radius 1 is 1.15 bits per heavy atom. The molecule has 2 aliphatic heterocycles. The summed E-state index contributed by atoms with van der Waals surface area (Å²) >= 11 is 0. The molecular formula is C24H27N3O6. The highest BCUT2D eigenvalue weighted by molar-refractivity contribution is 6.09. The van der Waals surface area contributed by atoms with Crippen molar-refractivity contribution in [1.82, 2.24) is 15.5 Å². The van der Waals surface area contributed by atoms with Crippen molar-refractivity contribution in [2.45, 2.75) is 44.8 Å². The van der Waals surface area contributed by atoms with E-state index in [0.717, 1.165) is 21.8 Å². The fourth-order valence-corrected chi connectivity index (χ4v) is 3.92. The Hall–Kier alpha value is -3.75. The topological polar surface area (TPSA) is 106 Å². The lowest BCUT2D eigenvalue weighted by Crippen LogP contribution is -2.49. The molecule has 4 amide bonds. The zero-order valence-electron chi connectivity index (χ0n) is 18.8. The summed E-state index contributed by atoms with van der Waals surface area (Å²) in [6.07, 6.45) is 0.997. The van der Waals surface area contributed by atoms with Crippen LogP contribution in [0.25, 0.3) is 0 Å². The Morgan fingerprint density at radius 2 is 1.85 bits per heavy atom. The number of fused-ring (bicyclic) bond motifs is 1. The van der Waals surface area contributed by atoms with Gasteiger partial charge in [0.15, 0.2) is 11.5 Å². The Labute approximate surface area is 192 Å². The van der Waals surface area contributed by atoms with E-state index >= 15 is 0 Å². The molecule has 33 heavy (non-hydrogen) atoms. The van der Waals surface area contributed by atoms with Crippen molar-refractivity contribution in [3.63, 3.8) is 0 Å². The highest BCUT2D eigenvalue weighted by Gasteiger charge is 2.50. The van der Waals surface area contributed by atoms with Gasteiger partial charge in [0.1, 0.15) is 17.3 Å². The second-order valence-electron chi connectivity index (χ2n) is 8.37. The van der Waals surface area contributed by atoms with Crippen molar-refractivity contribution in [2.75, 3.05) is 13.9 Å². The molecule has 2 N–H and O–H groups in total. The lowest BCUT2D eigenvalue weighted by atomic mass is 9.93. The van der Waals surface area contributed by atoms with E-state index in [9.17, 15) is 14.4 Å². The van der Waals surface area contributed by atoms with Gasteiger partial charge in [0.05, 0.1) is 7.11 Å². The Bertz CT molecular complexity index is 1070. The fraction of sp³-hybridized carbons (Fsp3) is 0.375. The van der Waals surface area contributed by atoms with E-state index in [2.05, 4.69) is 10.6 Å². The Balaban J connectivity index is 1.35. The van der Waals surface area contributed by atoms with Crippen LogP contribution in [0.1, 0.15) is 31.4 Å². The summed E-state index contributed by atoms with van der Waals surface area (Å²) in [6.45, 7) is 3.64. The monoisotopic (exact) mass is 453 g/mol. The van der Waals surface area contributed by atoms with Crippen LogP contribution in [-0.2, 0) is 22.6 Å². The van der Waals surface area contributed by atoms with Gasteiger partial charge in [-0.2, -0.15) is 0 Å². The number of rotatable bonds is 8. The lowest BCUT2D eigenvalue weighted by Gasteiger charge is -2.24. The molecule has 0 aliphatic carbocycles. The zero-order chi connectivity index (χ0) is 23.6. The smallest absolute Gasteiger partial charge is 0.325 e. The molecule has 9 nitrogen and oxygen atoms in total. The Morgan fingerprint density at radius 3 is 2.58 bits per heavy atom. The second-order valence-corrected chi connectivity index (χ2v) is 8.37. The first-order valence-corrected chi connectivity index (χ1v) is 10.8. The molecular weight excluding hydrogens is 426 g/mol. The maximum absolute atomic E-state index is 13.1. The number of benzene rings is 2.